The zero-order valence-electron chi connectivity index (χ0n) is 17.8. The Morgan fingerprint density at radius 3 is 2.61 bits per heavy atom. The Labute approximate surface area is 195 Å². The third-order valence-corrected chi connectivity index (χ3v) is 5.58. The van der Waals surface area contributed by atoms with Crippen LogP contribution in [0, 0.1) is 0 Å². The minimum atomic E-state index is -0.281. The van der Waals surface area contributed by atoms with Crippen molar-refractivity contribution < 1.29 is 9.53 Å². The van der Waals surface area contributed by atoms with E-state index in [4.69, 9.17) is 17.0 Å². The second kappa shape index (κ2) is 8.72. The monoisotopic (exact) mass is 452 g/mol. The average Bonchev–Trinajstić information content (AvgIpc) is 3.28. The van der Waals surface area contributed by atoms with E-state index in [1.54, 1.807) is 13.2 Å². The van der Waals surface area contributed by atoms with E-state index in [9.17, 15) is 4.79 Å². The molecular weight excluding hydrogens is 432 g/mol. The van der Waals surface area contributed by atoms with Gasteiger partial charge in [0.25, 0.3) is 5.91 Å². The Kier molecular flexibility index (Phi) is 5.46. The number of anilines is 1. The van der Waals surface area contributed by atoms with E-state index < -0.39 is 0 Å². The molecule has 0 aliphatic heterocycles. The van der Waals surface area contributed by atoms with Crippen LogP contribution in [0.25, 0.3) is 33.2 Å². The number of amides is 1. The van der Waals surface area contributed by atoms with Gasteiger partial charge in [-0.25, -0.2) is 4.98 Å². The van der Waals surface area contributed by atoms with Crippen LogP contribution in [-0.2, 0) is 0 Å². The number of nitrogens with zero attached hydrogens (tertiary/aromatic N) is 1. The van der Waals surface area contributed by atoms with Gasteiger partial charge < -0.3 is 15.0 Å². The largest absolute Gasteiger partial charge is 0.495 e. The normalized spacial score (nSPS) is 10.8. The van der Waals surface area contributed by atoms with Gasteiger partial charge in [-0.1, -0.05) is 48.5 Å². The van der Waals surface area contributed by atoms with Crippen LogP contribution < -0.4 is 15.4 Å². The summed E-state index contributed by atoms with van der Waals surface area (Å²) < 4.78 is 5.48. The number of imidazole rings is 1. The van der Waals surface area contributed by atoms with Crippen LogP contribution in [0.15, 0.2) is 84.9 Å². The molecule has 4 aromatic carbocycles. The maximum absolute atomic E-state index is 12.9. The second-order valence-corrected chi connectivity index (χ2v) is 7.86. The van der Waals surface area contributed by atoms with E-state index in [0.717, 1.165) is 33.2 Å². The number of fused-ring (bicyclic) bond motifs is 2. The maximum Gasteiger partial charge on any atom is 0.258 e. The first-order chi connectivity index (χ1) is 16.1. The molecule has 0 aliphatic rings. The lowest BCUT2D eigenvalue weighted by molar-refractivity contribution is 0.0979. The first kappa shape index (κ1) is 20.7. The number of benzene rings is 4. The minimum absolute atomic E-state index is 0.174. The molecule has 5 aromatic rings. The molecule has 5 rings (SSSR count). The Morgan fingerprint density at radius 2 is 1.76 bits per heavy atom. The molecule has 0 saturated carbocycles. The van der Waals surface area contributed by atoms with Crippen LogP contribution in [0.2, 0.25) is 0 Å². The molecule has 0 radical (unpaired) electrons. The number of rotatable bonds is 4. The van der Waals surface area contributed by atoms with E-state index in [1.807, 2.05) is 78.9 Å². The molecule has 0 spiro atoms. The molecule has 1 heterocycles. The van der Waals surface area contributed by atoms with Crippen molar-refractivity contribution in [3.05, 3.63) is 90.5 Å². The molecule has 0 atom stereocenters. The van der Waals surface area contributed by atoms with Crippen molar-refractivity contribution in [3.8, 4) is 17.1 Å². The van der Waals surface area contributed by atoms with Crippen LogP contribution in [0.4, 0.5) is 5.69 Å². The van der Waals surface area contributed by atoms with Gasteiger partial charge in [0.05, 0.1) is 23.8 Å². The van der Waals surface area contributed by atoms with E-state index in [-0.39, 0.29) is 11.0 Å². The van der Waals surface area contributed by atoms with Crippen molar-refractivity contribution in [2.45, 2.75) is 0 Å². The van der Waals surface area contributed by atoms with Gasteiger partial charge >= 0.3 is 0 Å². The van der Waals surface area contributed by atoms with Gasteiger partial charge in [0.2, 0.25) is 0 Å². The first-order valence-corrected chi connectivity index (χ1v) is 10.8. The molecule has 6 nitrogen and oxygen atoms in total. The predicted molar refractivity (Wildman–Crippen MR) is 136 cm³/mol. The molecule has 33 heavy (non-hydrogen) atoms. The summed E-state index contributed by atoms with van der Waals surface area (Å²) in [7, 11) is 1.58. The van der Waals surface area contributed by atoms with Gasteiger partial charge in [-0.15, -0.1) is 0 Å². The van der Waals surface area contributed by atoms with Crippen LogP contribution in [0.5, 0.6) is 5.75 Å². The molecule has 1 aromatic heterocycles. The first-order valence-electron chi connectivity index (χ1n) is 10.4. The van der Waals surface area contributed by atoms with Gasteiger partial charge in [0, 0.05) is 11.1 Å². The zero-order valence-corrected chi connectivity index (χ0v) is 18.6. The van der Waals surface area contributed by atoms with Gasteiger partial charge in [-0.3, -0.25) is 10.1 Å². The Bertz CT molecular complexity index is 1470. The number of hydrogen-bond donors (Lipinski definition) is 3. The van der Waals surface area contributed by atoms with Crippen molar-refractivity contribution in [2.24, 2.45) is 0 Å². The van der Waals surface area contributed by atoms with Crippen molar-refractivity contribution >= 4 is 50.7 Å². The molecule has 162 valence electrons. The van der Waals surface area contributed by atoms with Crippen molar-refractivity contribution in [1.29, 1.82) is 0 Å². The number of ether oxygens (including phenoxy) is 1. The van der Waals surface area contributed by atoms with Crippen LogP contribution in [0.1, 0.15) is 10.4 Å². The number of aromatic amines is 1. The number of para-hydroxylation sites is 2. The highest BCUT2D eigenvalue weighted by molar-refractivity contribution is 7.80. The average molecular weight is 453 g/mol. The number of thiocarbonyl (C=S) groups is 1. The molecule has 0 bridgehead atoms. The van der Waals surface area contributed by atoms with Crippen LogP contribution >= 0.6 is 12.2 Å². The smallest absolute Gasteiger partial charge is 0.258 e. The third kappa shape index (κ3) is 4.14. The molecule has 0 aliphatic carbocycles. The predicted octanol–water partition coefficient (Wildman–Crippen LogP) is 5.52. The number of H-pyrrole nitrogens is 1. The Morgan fingerprint density at radius 1 is 0.970 bits per heavy atom. The van der Waals surface area contributed by atoms with Gasteiger partial charge in [-0.05, 0) is 59.4 Å². The summed E-state index contributed by atoms with van der Waals surface area (Å²) in [6.45, 7) is 0. The van der Waals surface area contributed by atoms with Gasteiger partial charge in [0.15, 0.2) is 5.11 Å². The fraction of sp³-hybridized carbons (Fsp3) is 0.0385. The molecular formula is C26H20N4O2S. The Hall–Kier alpha value is -4.23. The number of hydrogen-bond acceptors (Lipinski definition) is 4. The SMILES string of the molecule is COc1ccc(-c2nc3ccccc3[nH]2)cc1NC(=S)NC(=O)c1cccc2ccccc12. The molecule has 3 N–H and O–H groups in total. The number of methoxy groups -OCH3 is 1. The highest BCUT2D eigenvalue weighted by Gasteiger charge is 2.14. The summed E-state index contributed by atoms with van der Waals surface area (Å²) in [4.78, 5) is 20.9. The highest BCUT2D eigenvalue weighted by Crippen LogP contribution is 2.30. The lowest BCUT2D eigenvalue weighted by Crippen LogP contribution is -2.34. The number of carbonyl (C=O) groups is 1. The summed E-state index contributed by atoms with van der Waals surface area (Å²) in [5.41, 5.74) is 3.88. The fourth-order valence-electron chi connectivity index (χ4n) is 3.79. The van der Waals surface area contributed by atoms with E-state index in [1.165, 1.54) is 0 Å². The Balaban J connectivity index is 1.39. The number of aromatic nitrogens is 2. The topological polar surface area (TPSA) is 79.0 Å². The summed E-state index contributed by atoms with van der Waals surface area (Å²) in [6, 6.07) is 26.8. The lowest BCUT2D eigenvalue weighted by Gasteiger charge is -2.14. The third-order valence-electron chi connectivity index (χ3n) is 5.37. The van der Waals surface area contributed by atoms with Crippen LogP contribution in [-0.4, -0.2) is 28.1 Å². The summed E-state index contributed by atoms with van der Waals surface area (Å²) in [5, 5.41) is 7.89. The summed E-state index contributed by atoms with van der Waals surface area (Å²) in [6.07, 6.45) is 0. The number of nitrogens with one attached hydrogen (secondary N) is 3. The van der Waals surface area contributed by atoms with E-state index >= 15 is 0 Å². The molecule has 1 amide bonds. The highest BCUT2D eigenvalue weighted by atomic mass is 32.1. The molecule has 0 unspecified atom stereocenters. The van der Waals surface area contributed by atoms with Gasteiger partial charge in [-0.2, -0.15) is 0 Å². The lowest BCUT2D eigenvalue weighted by atomic mass is 10.0. The quantitative estimate of drug-likeness (QED) is 0.313. The number of carbonyl (C=O) groups excluding carboxylic acids is 1. The molecule has 0 saturated heterocycles. The maximum atomic E-state index is 12.9. The molecule has 7 heteroatoms. The van der Waals surface area contributed by atoms with Crippen molar-refractivity contribution in [1.82, 2.24) is 15.3 Å². The van der Waals surface area contributed by atoms with Gasteiger partial charge in [0.1, 0.15) is 11.6 Å². The molecule has 0 fully saturated rings. The zero-order chi connectivity index (χ0) is 22.8. The van der Waals surface area contributed by atoms with E-state index in [0.29, 0.717) is 17.0 Å². The fourth-order valence-corrected chi connectivity index (χ4v) is 3.99. The second-order valence-electron chi connectivity index (χ2n) is 7.45. The van der Waals surface area contributed by atoms with E-state index in [2.05, 4.69) is 20.6 Å². The minimum Gasteiger partial charge on any atom is -0.495 e. The summed E-state index contributed by atoms with van der Waals surface area (Å²) in [5.74, 6) is 1.04. The van der Waals surface area contributed by atoms with Crippen molar-refractivity contribution in [3.63, 3.8) is 0 Å². The standard InChI is InChI=1S/C26H20N4O2S/c1-32-23-14-13-17(24-27-20-11-4-5-12-21(20)28-24)15-22(23)29-26(33)30-25(31)19-10-6-8-16-7-2-3-9-18(16)19/h2-15H,1H3,(H,27,28)(H2,29,30,31,33). The summed E-state index contributed by atoms with van der Waals surface area (Å²) >= 11 is 5.43. The van der Waals surface area contributed by atoms with Crippen LogP contribution in [0.3, 0.4) is 0 Å². The van der Waals surface area contributed by atoms with Crippen molar-refractivity contribution in [2.75, 3.05) is 12.4 Å².